The van der Waals surface area contributed by atoms with Crippen molar-refractivity contribution < 1.29 is 5.11 Å². The van der Waals surface area contributed by atoms with Crippen LogP contribution in [0.3, 0.4) is 0 Å². The highest BCUT2D eigenvalue weighted by atomic mass is 16.3. The minimum absolute atomic E-state index is 0.371. The Hall–Kier alpha value is -1.06. The Balaban J connectivity index is 1.78. The van der Waals surface area contributed by atoms with Gasteiger partial charge in [0, 0.05) is 25.3 Å². The zero-order valence-electron chi connectivity index (χ0n) is 10.1. The van der Waals surface area contributed by atoms with Crippen molar-refractivity contribution in [1.29, 1.82) is 0 Å². The number of rotatable bonds is 4. The quantitative estimate of drug-likeness (QED) is 0.818. The van der Waals surface area contributed by atoms with Crippen molar-refractivity contribution in [1.82, 2.24) is 0 Å². The number of β-amino-alcohol motifs (C(OH)–C–C–N with tert-alkyl or cyclic N) is 1. The first-order valence-corrected chi connectivity index (χ1v) is 6.48. The van der Waals surface area contributed by atoms with Crippen LogP contribution in [0.25, 0.3) is 0 Å². The number of hydrogen-bond donors (Lipinski definition) is 2. The second-order valence-electron chi connectivity index (χ2n) is 5.38. The second kappa shape index (κ2) is 4.00. The van der Waals surface area contributed by atoms with Crippen LogP contribution in [0.5, 0.6) is 0 Å². The summed E-state index contributed by atoms with van der Waals surface area (Å²) in [7, 11) is 0. The van der Waals surface area contributed by atoms with E-state index in [1.807, 2.05) is 0 Å². The van der Waals surface area contributed by atoms with Crippen molar-refractivity contribution in [2.75, 3.05) is 24.5 Å². The van der Waals surface area contributed by atoms with Crippen molar-refractivity contribution >= 4 is 5.69 Å². The Morgan fingerprint density at radius 2 is 2.12 bits per heavy atom. The van der Waals surface area contributed by atoms with Crippen molar-refractivity contribution in [2.45, 2.75) is 24.9 Å². The van der Waals surface area contributed by atoms with E-state index in [9.17, 15) is 5.11 Å². The molecule has 2 aliphatic rings. The van der Waals surface area contributed by atoms with Gasteiger partial charge in [-0.1, -0.05) is 18.2 Å². The third-order valence-electron chi connectivity index (χ3n) is 4.14. The van der Waals surface area contributed by atoms with Crippen LogP contribution in [0, 0.1) is 5.92 Å². The molecule has 3 N–H and O–H groups in total. The summed E-state index contributed by atoms with van der Waals surface area (Å²) in [5.41, 5.74) is 7.76. The molecule has 0 aromatic heterocycles. The van der Waals surface area contributed by atoms with Gasteiger partial charge in [0.25, 0.3) is 0 Å². The lowest BCUT2D eigenvalue weighted by Gasteiger charge is -2.33. The summed E-state index contributed by atoms with van der Waals surface area (Å²) in [4.78, 5) is 2.29. The largest absolute Gasteiger partial charge is 0.386 e. The first kappa shape index (κ1) is 11.1. The van der Waals surface area contributed by atoms with Crippen LogP contribution in [-0.4, -0.2) is 30.3 Å². The van der Waals surface area contributed by atoms with Crippen molar-refractivity contribution in [3.8, 4) is 0 Å². The molecule has 1 saturated carbocycles. The maximum Gasteiger partial charge on any atom is 0.0970 e. The molecule has 1 aromatic carbocycles. The highest BCUT2D eigenvalue weighted by Gasteiger charge is 2.44. The molecule has 1 aliphatic heterocycles. The minimum atomic E-state index is -0.683. The first-order chi connectivity index (χ1) is 8.23. The number of benzene rings is 1. The van der Waals surface area contributed by atoms with Gasteiger partial charge in [-0.05, 0) is 36.8 Å². The summed E-state index contributed by atoms with van der Waals surface area (Å²) in [6, 6.07) is 8.47. The van der Waals surface area contributed by atoms with Gasteiger partial charge in [0.05, 0.1) is 5.60 Å². The van der Waals surface area contributed by atoms with Gasteiger partial charge in [-0.15, -0.1) is 0 Å². The summed E-state index contributed by atoms with van der Waals surface area (Å²) in [6.45, 7) is 2.07. The lowest BCUT2D eigenvalue weighted by atomic mass is 9.97. The number of nitrogens with zero attached hydrogens (tertiary/aromatic N) is 1. The topological polar surface area (TPSA) is 49.5 Å². The molecule has 1 aliphatic carbocycles. The third kappa shape index (κ3) is 1.94. The van der Waals surface area contributed by atoms with Crippen molar-refractivity contribution in [3.05, 3.63) is 29.8 Å². The maximum absolute atomic E-state index is 10.6. The van der Waals surface area contributed by atoms with Gasteiger partial charge in [-0.2, -0.15) is 0 Å². The molecular formula is C14H20N2O. The van der Waals surface area contributed by atoms with E-state index in [1.54, 1.807) is 0 Å². The minimum Gasteiger partial charge on any atom is -0.386 e. The van der Waals surface area contributed by atoms with E-state index in [0.29, 0.717) is 19.0 Å². The first-order valence-electron chi connectivity index (χ1n) is 6.48. The van der Waals surface area contributed by atoms with Gasteiger partial charge in [0.2, 0.25) is 0 Å². The van der Waals surface area contributed by atoms with E-state index in [0.717, 1.165) is 25.8 Å². The zero-order valence-corrected chi connectivity index (χ0v) is 10.1. The molecule has 0 radical (unpaired) electrons. The van der Waals surface area contributed by atoms with E-state index in [2.05, 4.69) is 29.2 Å². The van der Waals surface area contributed by atoms with E-state index < -0.39 is 5.60 Å². The molecule has 0 saturated heterocycles. The van der Waals surface area contributed by atoms with Crippen LogP contribution < -0.4 is 10.6 Å². The predicted octanol–water partition coefficient (Wildman–Crippen LogP) is 1.15. The molecule has 0 spiro atoms. The van der Waals surface area contributed by atoms with Crippen LogP contribution in [0.2, 0.25) is 0 Å². The number of anilines is 1. The molecule has 0 amide bonds. The summed E-state index contributed by atoms with van der Waals surface area (Å²) in [6.07, 6.45) is 3.34. The highest BCUT2D eigenvalue weighted by Crippen LogP contribution is 2.41. The number of nitrogens with two attached hydrogens (primary N) is 1. The van der Waals surface area contributed by atoms with Crippen molar-refractivity contribution in [3.63, 3.8) is 0 Å². The fraction of sp³-hybridized carbons (Fsp3) is 0.571. The molecule has 92 valence electrons. The maximum atomic E-state index is 10.6. The van der Waals surface area contributed by atoms with E-state index in [-0.39, 0.29) is 0 Å². The van der Waals surface area contributed by atoms with Crippen LogP contribution in [-0.2, 0) is 6.42 Å². The molecule has 1 fully saturated rings. The monoisotopic (exact) mass is 232 g/mol. The number of aliphatic hydroxyl groups is 1. The van der Waals surface area contributed by atoms with Gasteiger partial charge < -0.3 is 15.7 Å². The molecule has 1 heterocycles. The molecule has 17 heavy (non-hydrogen) atoms. The van der Waals surface area contributed by atoms with Crippen molar-refractivity contribution in [2.24, 2.45) is 11.7 Å². The molecule has 3 nitrogen and oxygen atoms in total. The smallest absolute Gasteiger partial charge is 0.0970 e. The van der Waals surface area contributed by atoms with Gasteiger partial charge in [0.15, 0.2) is 0 Å². The van der Waals surface area contributed by atoms with Crippen LogP contribution in [0.1, 0.15) is 18.4 Å². The molecule has 0 bridgehead atoms. The number of fused-ring (bicyclic) bond motifs is 1. The molecule has 3 rings (SSSR count). The second-order valence-corrected chi connectivity index (χ2v) is 5.38. The number of para-hydroxylation sites is 1. The van der Waals surface area contributed by atoms with Gasteiger partial charge in [-0.25, -0.2) is 0 Å². The Morgan fingerprint density at radius 1 is 1.35 bits per heavy atom. The Morgan fingerprint density at radius 3 is 2.82 bits per heavy atom. The molecule has 1 aromatic rings. The summed E-state index contributed by atoms with van der Waals surface area (Å²) >= 11 is 0. The lowest BCUT2D eigenvalue weighted by molar-refractivity contribution is 0.0338. The fourth-order valence-corrected chi connectivity index (χ4v) is 2.88. The average molecular weight is 232 g/mol. The van der Waals surface area contributed by atoms with E-state index in [1.165, 1.54) is 11.3 Å². The van der Waals surface area contributed by atoms with E-state index >= 15 is 0 Å². The standard InChI is InChI=1S/C14H20N2O/c15-9-14(17,12-5-6-12)10-16-8-7-11-3-1-2-4-13(11)16/h1-4,12,17H,5-10,15H2. The van der Waals surface area contributed by atoms with E-state index in [4.69, 9.17) is 5.73 Å². The normalized spacial score (nSPS) is 22.4. The molecular weight excluding hydrogens is 212 g/mol. The highest BCUT2D eigenvalue weighted by molar-refractivity contribution is 5.58. The Kier molecular flexibility index (Phi) is 2.60. The summed E-state index contributed by atoms with van der Waals surface area (Å²) in [5.74, 6) is 0.417. The predicted molar refractivity (Wildman–Crippen MR) is 69.1 cm³/mol. The Labute approximate surface area is 102 Å². The van der Waals surface area contributed by atoms with Crippen LogP contribution >= 0.6 is 0 Å². The number of hydrogen-bond acceptors (Lipinski definition) is 3. The van der Waals surface area contributed by atoms with Gasteiger partial charge in [-0.3, -0.25) is 0 Å². The molecule has 1 unspecified atom stereocenters. The molecule has 3 heteroatoms. The average Bonchev–Trinajstić information content (AvgIpc) is 3.14. The lowest BCUT2D eigenvalue weighted by Crippen LogP contribution is -2.50. The third-order valence-corrected chi connectivity index (χ3v) is 4.14. The van der Waals surface area contributed by atoms with Gasteiger partial charge >= 0.3 is 0 Å². The van der Waals surface area contributed by atoms with Crippen LogP contribution in [0.15, 0.2) is 24.3 Å². The zero-order chi connectivity index (χ0) is 11.9. The fourth-order valence-electron chi connectivity index (χ4n) is 2.88. The molecule has 1 atom stereocenters. The van der Waals surface area contributed by atoms with Crippen LogP contribution in [0.4, 0.5) is 5.69 Å². The van der Waals surface area contributed by atoms with Gasteiger partial charge in [0.1, 0.15) is 0 Å². The summed E-state index contributed by atoms with van der Waals surface area (Å²) < 4.78 is 0. The SMILES string of the molecule is NCC(O)(CN1CCc2ccccc21)C1CC1. The summed E-state index contributed by atoms with van der Waals surface area (Å²) in [5, 5.41) is 10.6. The Bertz CT molecular complexity index is 416.